The van der Waals surface area contributed by atoms with Crippen molar-refractivity contribution < 1.29 is 4.79 Å². The fourth-order valence-electron chi connectivity index (χ4n) is 2.03. The first-order chi connectivity index (χ1) is 11.1. The summed E-state index contributed by atoms with van der Waals surface area (Å²) in [5, 5.41) is 3.70. The number of hydrogen-bond donors (Lipinski definition) is 1. The molecule has 2 rings (SSSR count). The molecule has 1 amide bonds. The van der Waals surface area contributed by atoms with E-state index >= 15 is 0 Å². The van der Waals surface area contributed by atoms with E-state index in [2.05, 4.69) is 32.2 Å². The summed E-state index contributed by atoms with van der Waals surface area (Å²) in [6.07, 6.45) is 5.91. The number of rotatable bonds is 6. The second kappa shape index (κ2) is 8.18. The van der Waals surface area contributed by atoms with Gasteiger partial charge in [-0.2, -0.15) is 0 Å². The molecule has 1 N–H and O–H groups in total. The average Bonchev–Trinajstić information content (AvgIpc) is 2.54. The standard InChI is InChI=1S/C16H16BrN3O2S/c1-3-7-18-14(21)10-23-16-19-13-6-5-11(17)9-12(13)15(22)20(16)8-4-2/h1,5-6,9H,4,7-8,10H2,2H3,(H,18,21). The number of amides is 1. The van der Waals surface area contributed by atoms with Gasteiger partial charge in [-0.15, -0.1) is 6.42 Å². The SMILES string of the molecule is C#CCNC(=O)CSc1nc2ccc(Br)cc2c(=O)n1CCC. The highest BCUT2D eigenvalue weighted by atomic mass is 79.9. The second-order valence-electron chi connectivity index (χ2n) is 4.78. The molecule has 0 saturated carbocycles. The highest BCUT2D eigenvalue weighted by Crippen LogP contribution is 2.20. The molecule has 0 aliphatic rings. The minimum atomic E-state index is -0.179. The van der Waals surface area contributed by atoms with Gasteiger partial charge in [-0.1, -0.05) is 40.5 Å². The van der Waals surface area contributed by atoms with Crippen LogP contribution in [0.15, 0.2) is 32.6 Å². The summed E-state index contributed by atoms with van der Waals surface area (Å²) in [4.78, 5) is 28.9. The van der Waals surface area contributed by atoms with E-state index in [4.69, 9.17) is 6.42 Å². The Labute approximate surface area is 147 Å². The van der Waals surface area contributed by atoms with Gasteiger partial charge in [0, 0.05) is 11.0 Å². The monoisotopic (exact) mass is 393 g/mol. The van der Waals surface area contributed by atoms with Gasteiger partial charge in [0.05, 0.1) is 23.2 Å². The Kier molecular flexibility index (Phi) is 6.25. The zero-order chi connectivity index (χ0) is 16.8. The fourth-order valence-corrected chi connectivity index (χ4v) is 3.25. The molecule has 7 heteroatoms. The molecule has 0 atom stereocenters. The predicted octanol–water partition coefficient (Wildman–Crippen LogP) is 2.41. The summed E-state index contributed by atoms with van der Waals surface area (Å²) in [5.74, 6) is 2.34. The van der Waals surface area contributed by atoms with Crippen molar-refractivity contribution in [2.45, 2.75) is 25.0 Å². The first kappa shape index (κ1) is 17.6. The third-order valence-electron chi connectivity index (χ3n) is 3.05. The first-order valence-corrected chi connectivity index (χ1v) is 8.87. The van der Waals surface area contributed by atoms with Crippen LogP contribution in [0.3, 0.4) is 0 Å². The Balaban J connectivity index is 2.36. The lowest BCUT2D eigenvalue weighted by Gasteiger charge is -2.12. The van der Waals surface area contributed by atoms with Crippen molar-refractivity contribution in [1.82, 2.24) is 14.9 Å². The number of terminal acetylenes is 1. The zero-order valence-corrected chi connectivity index (χ0v) is 15.0. The highest BCUT2D eigenvalue weighted by molar-refractivity contribution is 9.10. The summed E-state index contributed by atoms with van der Waals surface area (Å²) in [6.45, 7) is 2.74. The Morgan fingerprint density at radius 3 is 3.00 bits per heavy atom. The van der Waals surface area contributed by atoms with Crippen LogP contribution in [0.1, 0.15) is 13.3 Å². The molecule has 0 bridgehead atoms. The molecular formula is C16H16BrN3O2S. The second-order valence-corrected chi connectivity index (χ2v) is 6.64. The fraction of sp³-hybridized carbons (Fsp3) is 0.312. The Morgan fingerprint density at radius 2 is 2.30 bits per heavy atom. The van der Waals surface area contributed by atoms with E-state index in [1.54, 1.807) is 16.7 Å². The van der Waals surface area contributed by atoms with E-state index in [0.29, 0.717) is 22.6 Å². The van der Waals surface area contributed by atoms with Crippen LogP contribution >= 0.6 is 27.7 Å². The van der Waals surface area contributed by atoms with Gasteiger partial charge >= 0.3 is 0 Å². The largest absolute Gasteiger partial charge is 0.344 e. The van der Waals surface area contributed by atoms with E-state index < -0.39 is 0 Å². The van der Waals surface area contributed by atoms with Crippen molar-refractivity contribution in [2.75, 3.05) is 12.3 Å². The lowest BCUT2D eigenvalue weighted by Crippen LogP contribution is -2.27. The minimum Gasteiger partial charge on any atom is -0.344 e. The normalized spacial score (nSPS) is 10.5. The van der Waals surface area contributed by atoms with Crippen molar-refractivity contribution in [3.8, 4) is 12.3 Å². The van der Waals surface area contributed by atoms with Crippen LogP contribution in [0.5, 0.6) is 0 Å². The number of halogens is 1. The van der Waals surface area contributed by atoms with Crippen LogP contribution in [-0.4, -0.2) is 27.8 Å². The molecule has 0 aliphatic heterocycles. The van der Waals surface area contributed by atoms with Gasteiger partial charge in [-0.05, 0) is 24.6 Å². The van der Waals surface area contributed by atoms with Crippen molar-refractivity contribution in [3.63, 3.8) is 0 Å². The van der Waals surface area contributed by atoms with E-state index in [9.17, 15) is 9.59 Å². The van der Waals surface area contributed by atoms with Crippen LogP contribution < -0.4 is 10.9 Å². The summed E-state index contributed by atoms with van der Waals surface area (Å²) in [7, 11) is 0. The van der Waals surface area contributed by atoms with Crippen molar-refractivity contribution in [3.05, 3.63) is 33.0 Å². The Hall–Kier alpha value is -1.78. The van der Waals surface area contributed by atoms with Gasteiger partial charge in [-0.25, -0.2) is 4.98 Å². The number of nitrogens with zero attached hydrogens (tertiary/aromatic N) is 2. The summed E-state index contributed by atoms with van der Waals surface area (Å²) >= 11 is 4.61. The average molecular weight is 394 g/mol. The maximum absolute atomic E-state index is 12.7. The third-order valence-corrected chi connectivity index (χ3v) is 4.52. The number of carbonyl (C=O) groups is 1. The van der Waals surface area contributed by atoms with Gasteiger partial charge in [0.2, 0.25) is 5.91 Å². The van der Waals surface area contributed by atoms with Crippen LogP contribution in [0.25, 0.3) is 10.9 Å². The van der Waals surface area contributed by atoms with Crippen LogP contribution in [-0.2, 0) is 11.3 Å². The minimum absolute atomic E-state index is 0.0929. The smallest absolute Gasteiger partial charge is 0.262 e. The number of aromatic nitrogens is 2. The zero-order valence-electron chi connectivity index (χ0n) is 12.6. The molecular weight excluding hydrogens is 378 g/mol. The van der Waals surface area contributed by atoms with Crippen LogP contribution in [0, 0.1) is 12.3 Å². The van der Waals surface area contributed by atoms with E-state index in [1.165, 1.54) is 11.8 Å². The van der Waals surface area contributed by atoms with Gasteiger partial charge < -0.3 is 5.32 Å². The number of thioether (sulfide) groups is 1. The van der Waals surface area contributed by atoms with Crippen molar-refractivity contribution >= 4 is 44.5 Å². The summed E-state index contributed by atoms with van der Waals surface area (Å²) in [6, 6.07) is 5.40. The van der Waals surface area contributed by atoms with E-state index in [1.807, 2.05) is 13.0 Å². The highest BCUT2D eigenvalue weighted by Gasteiger charge is 2.13. The molecule has 5 nitrogen and oxygen atoms in total. The molecule has 0 unspecified atom stereocenters. The molecule has 0 aliphatic carbocycles. The molecule has 0 fully saturated rings. The van der Waals surface area contributed by atoms with Crippen molar-refractivity contribution in [2.24, 2.45) is 0 Å². The van der Waals surface area contributed by atoms with Crippen molar-refractivity contribution in [1.29, 1.82) is 0 Å². The van der Waals surface area contributed by atoms with Gasteiger partial charge in [0.1, 0.15) is 0 Å². The Morgan fingerprint density at radius 1 is 1.52 bits per heavy atom. The number of nitrogens with one attached hydrogen (secondary N) is 1. The maximum atomic E-state index is 12.7. The molecule has 0 saturated heterocycles. The summed E-state index contributed by atoms with van der Waals surface area (Å²) < 4.78 is 2.45. The molecule has 1 aromatic carbocycles. The Bertz CT molecular complexity index is 826. The number of benzene rings is 1. The molecule has 2 aromatic rings. The van der Waals surface area contributed by atoms with Gasteiger partial charge in [0.25, 0.3) is 5.56 Å². The molecule has 120 valence electrons. The van der Waals surface area contributed by atoms with Crippen LogP contribution in [0.2, 0.25) is 0 Å². The molecule has 23 heavy (non-hydrogen) atoms. The topological polar surface area (TPSA) is 64.0 Å². The molecule has 0 spiro atoms. The number of hydrogen-bond acceptors (Lipinski definition) is 4. The number of carbonyl (C=O) groups excluding carboxylic acids is 1. The molecule has 1 aromatic heterocycles. The van der Waals surface area contributed by atoms with Gasteiger partial charge in [-0.3, -0.25) is 14.2 Å². The van der Waals surface area contributed by atoms with E-state index in [-0.39, 0.29) is 23.8 Å². The molecule has 0 radical (unpaired) electrons. The first-order valence-electron chi connectivity index (χ1n) is 7.10. The summed E-state index contributed by atoms with van der Waals surface area (Å²) in [5.41, 5.74) is 0.529. The maximum Gasteiger partial charge on any atom is 0.262 e. The lowest BCUT2D eigenvalue weighted by atomic mass is 10.2. The molecule has 1 heterocycles. The van der Waals surface area contributed by atoms with Crippen LogP contribution in [0.4, 0.5) is 0 Å². The quantitative estimate of drug-likeness (QED) is 0.464. The van der Waals surface area contributed by atoms with E-state index in [0.717, 1.165) is 10.9 Å². The third kappa shape index (κ3) is 4.36. The van der Waals surface area contributed by atoms with Gasteiger partial charge in [0.15, 0.2) is 5.16 Å². The number of fused-ring (bicyclic) bond motifs is 1. The predicted molar refractivity (Wildman–Crippen MR) is 96.6 cm³/mol. The lowest BCUT2D eigenvalue weighted by molar-refractivity contribution is -0.118.